The Kier molecular flexibility index (Phi) is 3.76. The maximum absolute atomic E-state index is 6.28. The molecule has 0 unspecified atom stereocenters. The largest absolute Gasteiger partial charge is 0.486 e. The first-order valence-electron chi connectivity index (χ1n) is 6.52. The summed E-state index contributed by atoms with van der Waals surface area (Å²) in [6.07, 6.45) is 0. The summed E-state index contributed by atoms with van der Waals surface area (Å²) >= 11 is 8.09. The molecule has 2 aromatic rings. The van der Waals surface area contributed by atoms with Crippen molar-refractivity contribution in [3.8, 4) is 11.5 Å². The molecule has 0 saturated heterocycles. The second kappa shape index (κ2) is 5.54. The predicted octanol–water partition coefficient (Wildman–Crippen LogP) is 4.40. The second-order valence-corrected chi connectivity index (χ2v) is 6.64. The number of ether oxygens (including phenoxy) is 2. The molecule has 1 N–H and O–H groups in total. The molecule has 1 aromatic heterocycles. The van der Waals surface area contributed by atoms with E-state index in [4.69, 9.17) is 21.1 Å². The molecule has 0 radical (unpaired) electrons. The van der Waals surface area contributed by atoms with Crippen LogP contribution in [0.25, 0.3) is 0 Å². The van der Waals surface area contributed by atoms with E-state index < -0.39 is 0 Å². The minimum absolute atomic E-state index is 0.573. The van der Waals surface area contributed by atoms with Crippen LogP contribution in [0.15, 0.2) is 18.2 Å². The number of benzene rings is 1. The third kappa shape index (κ3) is 2.72. The molecule has 1 aliphatic rings. The fraction of sp³-hybridized carbons (Fsp3) is 0.333. The quantitative estimate of drug-likeness (QED) is 0.911. The van der Waals surface area contributed by atoms with Gasteiger partial charge in [0.15, 0.2) is 11.5 Å². The molecule has 0 fully saturated rings. The zero-order valence-electron chi connectivity index (χ0n) is 11.5. The molecule has 1 aromatic carbocycles. The Morgan fingerprint density at radius 3 is 2.50 bits per heavy atom. The number of hydrogen-bond donors (Lipinski definition) is 1. The Morgan fingerprint density at radius 1 is 1.15 bits per heavy atom. The molecule has 20 heavy (non-hydrogen) atoms. The SMILES string of the molecule is Cc1cc(CNc2cc3c(cc2Cl)OCCO3)c(C)s1. The van der Waals surface area contributed by atoms with Gasteiger partial charge in [0.1, 0.15) is 13.2 Å². The first kappa shape index (κ1) is 13.6. The molecule has 3 rings (SSSR count). The number of anilines is 1. The lowest BCUT2D eigenvalue weighted by Gasteiger charge is -2.20. The van der Waals surface area contributed by atoms with Crippen LogP contribution in [-0.2, 0) is 6.54 Å². The van der Waals surface area contributed by atoms with Gasteiger partial charge >= 0.3 is 0 Å². The van der Waals surface area contributed by atoms with E-state index in [1.54, 1.807) is 0 Å². The summed E-state index contributed by atoms with van der Waals surface area (Å²) in [6, 6.07) is 5.93. The summed E-state index contributed by atoms with van der Waals surface area (Å²) in [6.45, 7) is 6.17. The van der Waals surface area contributed by atoms with Gasteiger partial charge < -0.3 is 14.8 Å². The van der Waals surface area contributed by atoms with Gasteiger partial charge in [-0.1, -0.05) is 11.6 Å². The van der Waals surface area contributed by atoms with Gasteiger partial charge in [0, 0.05) is 28.4 Å². The monoisotopic (exact) mass is 309 g/mol. The van der Waals surface area contributed by atoms with E-state index in [-0.39, 0.29) is 0 Å². The zero-order valence-corrected chi connectivity index (χ0v) is 13.0. The topological polar surface area (TPSA) is 30.5 Å². The average molecular weight is 310 g/mol. The summed E-state index contributed by atoms with van der Waals surface area (Å²) in [5.41, 5.74) is 2.18. The van der Waals surface area contributed by atoms with Crippen molar-refractivity contribution in [2.24, 2.45) is 0 Å². The van der Waals surface area contributed by atoms with Crippen LogP contribution < -0.4 is 14.8 Å². The van der Waals surface area contributed by atoms with Crippen LogP contribution in [0.1, 0.15) is 15.3 Å². The Labute approximate surface area is 127 Å². The molecular formula is C15H16ClNO2S. The first-order chi connectivity index (χ1) is 9.63. The summed E-state index contributed by atoms with van der Waals surface area (Å²) in [7, 11) is 0. The molecule has 0 amide bonds. The van der Waals surface area contributed by atoms with E-state index in [1.807, 2.05) is 23.5 Å². The van der Waals surface area contributed by atoms with Gasteiger partial charge in [0.25, 0.3) is 0 Å². The molecular weight excluding hydrogens is 294 g/mol. The highest BCUT2D eigenvalue weighted by atomic mass is 35.5. The van der Waals surface area contributed by atoms with Crippen molar-refractivity contribution in [3.05, 3.63) is 38.5 Å². The van der Waals surface area contributed by atoms with Crippen molar-refractivity contribution in [3.63, 3.8) is 0 Å². The van der Waals surface area contributed by atoms with Crippen molar-refractivity contribution in [2.75, 3.05) is 18.5 Å². The average Bonchev–Trinajstić information content (AvgIpc) is 2.74. The van der Waals surface area contributed by atoms with Crippen LogP contribution in [0.5, 0.6) is 11.5 Å². The van der Waals surface area contributed by atoms with E-state index in [2.05, 4.69) is 25.2 Å². The van der Waals surface area contributed by atoms with Crippen molar-refractivity contribution in [1.29, 1.82) is 0 Å². The molecule has 0 bridgehead atoms. The molecule has 0 atom stereocenters. The van der Waals surface area contributed by atoms with Crippen LogP contribution in [0.3, 0.4) is 0 Å². The van der Waals surface area contributed by atoms with Gasteiger partial charge in [-0.2, -0.15) is 0 Å². The number of fused-ring (bicyclic) bond motifs is 1. The summed E-state index contributed by atoms with van der Waals surface area (Å²) in [5, 5.41) is 4.02. The van der Waals surface area contributed by atoms with Gasteiger partial charge in [-0.15, -0.1) is 11.3 Å². The maximum atomic E-state index is 6.28. The highest BCUT2D eigenvalue weighted by molar-refractivity contribution is 7.12. The van der Waals surface area contributed by atoms with Crippen LogP contribution in [0.4, 0.5) is 5.69 Å². The number of aryl methyl sites for hydroxylation is 2. The number of thiophene rings is 1. The fourth-order valence-electron chi connectivity index (χ4n) is 2.25. The van der Waals surface area contributed by atoms with Crippen molar-refractivity contribution >= 4 is 28.6 Å². The maximum Gasteiger partial charge on any atom is 0.163 e. The zero-order chi connectivity index (χ0) is 14.1. The number of nitrogens with one attached hydrogen (secondary N) is 1. The lowest BCUT2D eigenvalue weighted by Crippen LogP contribution is -2.15. The van der Waals surface area contributed by atoms with Crippen molar-refractivity contribution in [2.45, 2.75) is 20.4 Å². The summed E-state index contributed by atoms with van der Waals surface area (Å²) < 4.78 is 11.1. The standard InChI is InChI=1S/C15H16ClNO2S/c1-9-5-11(10(2)20-9)8-17-13-7-15-14(6-12(13)16)18-3-4-19-15/h5-7,17H,3-4,8H2,1-2H3. The number of hydrogen-bond acceptors (Lipinski definition) is 4. The second-order valence-electron chi connectivity index (χ2n) is 4.77. The Bertz CT molecular complexity index is 639. The summed E-state index contributed by atoms with van der Waals surface area (Å²) in [4.78, 5) is 2.66. The van der Waals surface area contributed by atoms with Crippen LogP contribution >= 0.6 is 22.9 Å². The number of halogens is 1. The van der Waals surface area contributed by atoms with Gasteiger partial charge in [-0.3, -0.25) is 0 Å². The summed E-state index contributed by atoms with van der Waals surface area (Å²) in [5.74, 6) is 1.47. The molecule has 0 spiro atoms. The van der Waals surface area contributed by atoms with E-state index in [0.29, 0.717) is 24.0 Å². The molecule has 5 heteroatoms. The van der Waals surface area contributed by atoms with E-state index >= 15 is 0 Å². The smallest absolute Gasteiger partial charge is 0.163 e. The first-order valence-corrected chi connectivity index (χ1v) is 7.72. The highest BCUT2D eigenvalue weighted by Crippen LogP contribution is 2.38. The molecule has 3 nitrogen and oxygen atoms in total. The lowest BCUT2D eigenvalue weighted by atomic mass is 10.2. The predicted molar refractivity (Wildman–Crippen MR) is 83.6 cm³/mol. The fourth-order valence-corrected chi connectivity index (χ4v) is 3.42. The van der Waals surface area contributed by atoms with E-state index in [0.717, 1.165) is 18.0 Å². The van der Waals surface area contributed by atoms with Crippen molar-refractivity contribution < 1.29 is 9.47 Å². The third-order valence-electron chi connectivity index (χ3n) is 3.24. The van der Waals surface area contributed by atoms with Gasteiger partial charge in [0.2, 0.25) is 0 Å². The third-order valence-corrected chi connectivity index (χ3v) is 4.57. The van der Waals surface area contributed by atoms with E-state index in [9.17, 15) is 0 Å². The minimum atomic E-state index is 0.573. The lowest BCUT2D eigenvalue weighted by molar-refractivity contribution is 0.171. The molecule has 1 aliphatic heterocycles. The van der Waals surface area contributed by atoms with Gasteiger partial charge in [0.05, 0.1) is 10.7 Å². The number of rotatable bonds is 3. The van der Waals surface area contributed by atoms with Gasteiger partial charge in [-0.25, -0.2) is 0 Å². The highest BCUT2D eigenvalue weighted by Gasteiger charge is 2.15. The Balaban J connectivity index is 1.79. The molecule has 106 valence electrons. The van der Waals surface area contributed by atoms with E-state index in [1.165, 1.54) is 15.3 Å². The molecule has 2 heterocycles. The van der Waals surface area contributed by atoms with Crippen LogP contribution in [0.2, 0.25) is 5.02 Å². The Morgan fingerprint density at radius 2 is 1.85 bits per heavy atom. The normalized spacial score (nSPS) is 13.3. The Hall–Kier alpha value is -1.39. The van der Waals surface area contributed by atoms with Gasteiger partial charge in [-0.05, 0) is 25.5 Å². The van der Waals surface area contributed by atoms with Crippen molar-refractivity contribution in [1.82, 2.24) is 0 Å². The van der Waals surface area contributed by atoms with Crippen LogP contribution in [-0.4, -0.2) is 13.2 Å². The van der Waals surface area contributed by atoms with Crippen LogP contribution in [0, 0.1) is 13.8 Å². The molecule has 0 aliphatic carbocycles. The molecule has 0 saturated carbocycles. The minimum Gasteiger partial charge on any atom is -0.486 e.